The van der Waals surface area contributed by atoms with Crippen molar-refractivity contribution in [2.24, 2.45) is 0 Å². The number of aliphatic hydroxyl groups excluding tert-OH is 2. The molecular formula is C14H18ClNO6. The number of amides is 1. The van der Waals surface area contributed by atoms with Crippen LogP contribution in [0.4, 0.5) is 0 Å². The molecule has 22 heavy (non-hydrogen) atoms. The molecule has 0 fully saturated rings. The number of hydrogen-bond donors (Lipinski definition) is 4. The highest BCUT2D eigenvalue weighted by molar-refractivity contribution is 6.30. The zero-order chi connectivity index (χ0) is 16.7. The highest BCUT2D eigenvalue weighted by Crippen LogP contribution is 2.31. The van der Waals surface area contributed by atoms with Gasteiger partial charge in [-0.15, -0.1) is 0 Å². The maximum atomic E-state index is 10.8. The van der Waals surface area contributed by atoms with Crippen LogP contribution in [0.5, 0.6) is 5.75 Å². The Morgan fingerprint density at radius 1 is 1.36 bits per heavy atom. The van der Waals surface area contributed by atoms with Crippen molar-refractivity contribution in [1.29, 1.82) is 0 Å². The van der Waals surface area contributed by atoms with Crippen LogP contribution in [0.3, 0.4) is 0 Å². The number of rotatable bonds is 8. The minimum atomic E-state index is -1.30. The Morgan fingerprint density at radius 2 is 2.05 bits per heavy atom. The number of aliphatic carboxylic acids is 1. The minimum absolute atomic E-state index is 0.0842. The van der Waals surface area contributed by atoms with E-state index in [1.807, 2.05) is 0 Å². The van der Waals surface area contributed by atoms with E-state index in [4.69, 9.17) is 21.4 Å². The molecule has 0 saturated carbocycles. The van der Waals surface area contributed by atoms with Crippen molar-refractivity contribution in [2.45, 2.75) is 25.6 Å². The Balaban J connectivity index is 2.79. The maximum absolute atomic E-state index is 10.8. The number of hydrogen-bond acceptors (Lipinski definition) is 5. The Hall–Kier alpha value is -1.83. The van der Waals surface area contributed by atoms with Crippen LogP contribution >= 0.6 is 11.6 Å². The fourth-order valence-electron chi connectivity index (χ4n) is 1.78. The second-order valence-corrected chi connectivity index (χ2v) is 5.08. The van der Waals surface area contributed by atoms with E-state index in [0.29, 0.717) is 5.02 Å². The van der Waals surface area contributed by atoms with Crippen molar-refractivity contribution in [3.8, 4) is 5.75 Å². The summed E-state index contributed by atoms with van der Waals surface area (Å²) >= 11 is 5.82. The third-order valence-corrected chi connectivity index (χ3v) is 3.06. The molecule has 122 valence electrons. The molecule has 0 aliphatic rings. The smallest absolute Gasteiger partial charge is 0.341 e. The van der Waals surface area contributed by atoms with Crippen LogP contribution in [0.1, 0.15) is 25.0 Å². The first-order chi connectivity index (χ1) is 10.3. The minimum Gasteiger partial charge on any atom is -0.481 e. The number of carboxylic acids is 1. The standard InChI is InChI=1S/C14H18ClNO6/c1-8(17)16-5-4-11(18)14(21)10-3-2-9(15)6-12(10)22-7-13(19)20/h2-3,6,11,14,18,21H,4-5,7H2,1H3,(H,16,17)(H,19,20). The largest absolute Gasteiger partial charge is 0.481 e. The molecule has 1 rings (SSSR count). The topological polar surface area (TPSA) is 116 Å². The molecule has 0 saturated heterocycles. The van der Waals surface area contributed by atoms with Gasteiger partial charge in [-0.1, -0.05) is 17.7 Å². The van der Waals surface area contributed by atoms with Gasteiger partial charge in [-0.3, -0.25) is 4.79 Å². The van der Waals surface area contributed by atoms with Crippen molar-refractivity contribution in [2.75, 3.05) is 13.2 Å². The summed E-state index contributed by atoms with van der Waals surface area (Å²) in [5.41, 5.74) is 0.223. The highest BCUT2D eigenvalue weighted by atomic mass is 35.5. The summed E-state index contributed by atoms with van der Waals surface area (Å²) in [6, 6.07) is 4.31. The summed E-state index contributed by atoms with van der Waals surface area (Å²) in [4.78, 5) is 21.3. The molecule has 0 spiro atoms. The maximum Gasteiger partial charge on any atom is 0.341 e. The van der Waals surface area contributed by atoms with Gasteiger partial charge in [0.1, 0.15) is 11.9 Å². The molecule has 0 aromatic heterocycles. The lowest BCUT2D eigenvalue weighted by Gasteiger charge is -2.21. The SMILES string of the molecule is CC(=O)NCCC(O)C(O)c1ccc(Cl)cc1OCC(=O)O. The monoisotopic (exact) mass is 331 g/mol. The van der Waals surface area contributed by atoms with Gasteiger partial charge in [0.05, 0.1) is 6.10 Å². The zero-order valence-electron chi connectivity index (χ0n) is 12.0. The van der Waals surface area contributed by atoms with Crippen LogP contribution in [0.25, 0.3) is 0 Å². The summed E-state index contributed by atoms with van der Waals surface area (Å²) in [5.74, 6) is -1.33. The Kier molecular flexibility index (Phi) is 7.10. The first kappa shape index (κ1) is 18.2. The van der Waals surface area contributed by atoms with Crippen molar-refractivity contribution in [3.63, 3.8) is 0 Å². The number of halogens is 1. The van der Waals surface area contributed by atoms with Gasteiger partial charge < -0.3 is 25.4 Å². The van der Waals surface area contributed by atoms with Crippen LogP contribution in [0.15, 0.2) is 18.2 Å². The van der Waals surface area contributed by atoms with E-state index in [-0.39, 0.29) is 30.2 Å². The fraction of sp³-hybridized carbons (Fsp3) is 0.429. The van der Waals surface area contributed by atoms with Crippen molar-refractivity contribution in [1.82, 2.24) is 5.32 Å². The van der Waals surface area contributed by atoms with E-state index in [0.717, 1.165) is 0 Å². The van der Waals surface area contributed by atoms with Gasteiger partial charge in [0, 0.05) is 24.1 Å². The number of ether oxygens (including phenoxy) is 1. The molecular weight excluding hydrogens is 314 g/mol. The number of carbonyl (C=O) groups excluding carboxylic acids is 1. The molecule has 4 N–H and O–H groups in total. The Morgan fingerprint density at radius 3 is 2.64 bits per heavy atom. The third kappa shape index (κ3) is 5.88. The van der Waals surface area contributed by atoms with E-state index in [1.54, 1.807) is 0 Å². The van der Waals surface area contributed by atoms with Gasteiger partial charge in [0.25, 0.3) is 0 Å². The molecule has 1 aromatic carbocycles. The van der Waals surface area contributed by atoms with Crippen LogP contribution in [-0.2, 0) is 9.59 Å². The summed E-state index contributed by atoms with van der Waals surface area (Å²) in [6.45, 7) is 0.953. The first-order valence-corrected chi connectivity index (χ1v) is 6.93. The molecule has 7 nitrogen and oxygen atoms in total. The second kappa shape index (κ2) is 8.57. The molecule has 0 heterocycles. The second-order valence-electron chi connectivity index (χ2n) is 4.65. The van der Waals surface area contributed by atoms with E-state index in [1.165, 1.54) is 25.1 Å². The van der Waals surface area contributed by atoms with E-state index >= 15 is 0 Å². The van der Waals surface area contributed by atoms with Crippen LogP contribution in [-0.4, -0.2) is 46.5 Å². The van der Waals surface area contributed by atoms with Gasteiger partial charge >= 0.3 is 5.97 Å². The van der Waals surface area contributed by atoms with E-state index in [9.17, 15) is 19.8 Å². The van der Waals surface area contributed by atoms with E-state index in [2.05, 4.69) is 5.32 Å². The number of aliphatic hydroxyl groups is 2. The molecule has 0 aliphatic heterocycles. The quantitative estimate of drug-likeness (QED) is 0.558. The predicted octanol–water partition coefficient (Wildman–Crippen LogP) is 0.724. The lowest BCUT2D eigenvalue weighted by atomic mass is 10.0. The highest BCUT2D eigenvalue weighted by Gasteiger charge is 2.22. The van der Waals surface area contributed by atoms with Gasteiger partial charge in [0.2, 0.25) is 5.91 Å². The van der Waals surface area contributed by atoms with Crippen molar-refractivity contribution in [3.05, 3.63) is 28.8 Å². The van der Waals surface area contributed by atoms with Crippen LogP contribution in [0.2, 0.25) is 5.02 Å². The predicted molar refractivity (Wildman–Crippen MR) is 78.9 cm³/mol. The van der Waals surface area contributed by atoms with Gasteiger partial charge in [-0.2, -0.15) is 0 Å². The first-order valence-electron chi connectivity index (χ1n) is 6.56. The molecule has 0 bridgehead atoms. The van der Waals surface area contributed by atoms with Gasteiger partial charge in [-0.25, -0.2) is 4.79 Å². The normalized spacial score (nSPS) is 13.3. The fourth-order valence-corrected chi connectivity index (χ4v) is 1.94. The number of carbonyl (C=O) groups is 2. The number of benzene rings is 1. The van der Waals surface area contributed by atoms with E-state index < -0.39 is 24.8 Å². The molecule has 8 heteroatoms. The number of carboxylic acid groups (broad SMARTS) is 1. The summed E-state index contributed by atoms with van der Waals surface area (Å²) in [6.07, 6.45) is -2.32. The van der Waals surface area contributed by atoms with Gasteiger partial charge in [-0.05, 0) is 18.6 Å². The van der Waals surface area contributed by atoms with Crippen molar-refractivity contribution >= 4 is 23.5 Å². The molecule has 2 atom stereocenters. The molecule has 0 radical (unpaired) electrons. The molecule has 0 aliphatic carbocycles. The Labute approximate surface area is 132 Å². The van der Waals surface area contributed by atoms with Crippen LogP contribution in [0, 0.1) is 0 Å². The summed E-state index contributed by atoms with van der Waals surface area (Å²) < 4.78 is 5.07. The lowest BCUT2D eigenvalue weighted by molar-refractivity contribution is -0.139. The van der Waals surface area contributed by atoms with Crippen LogP contribution < -0.4 is 10.1 Å². The molecule has 1 aromatic rings. The lowest BCUT2D eigenvalue weighted by Crippen LogP contribution is -2.28. The summed E-state index contributed by atoms with van der Waals surface area (Å²) in [7, 11) is 0. The average Bonchev–Trinajstić information content (AvgIpc) is 2.44. The zero-order valence-corrected chi connectivity index (χ0v) is 12.7. The van der Waals surface area contributed by atoms with Gasteiger partial charge in [0.15, 0.2) is 6.61 Å². The molecule has 1 amide bonds. The third-order valence-electron chi connectivity index (χ3n) is 2.82. The average molecular weight is 332 g/mol. The summed E-state index contributed by atoms with van der Waals surface area (Å²) in [5, 5.41) is 31.6. The molecule has 2 unspecified atom stereocenters. The van der Waals surface area contributed by atoms with Crippen molar-refractivity contribution < 1.29 is 29.6 Å². The number of nitrogens with one attached hydrogen (secondary N) is 1. The Bertz CT molecular complexity index is 536.